The van der Waals surface area contributed by atoms with Crippen LogP contribution in [0.5, 0.6) is 0 Å². The Kier molecular flexibility index (Phi) is 21.7. The Morgan fingerprint density at radius 1 is 0.333 bits per heavy atom. The van der Waals surface area contributed by atoms with Gasteiger partial charge in [0.1, 0.15) is 40.5 Å². The molecule has 6 rings (SSSR count). The van der Waals surface area contributed by atoms with E-state index in [2.05, 4.69) is 0 Å². The van der Waals surface area contributed by atoms with Gasteiger partial charge in [-0.2, -0.15) is 0 Å². The second-order valence-electron chi connectivity index (χ2n) is 12.3. The van der Waals surface area contributed by atoms with Crippen LogP contribution in [0.1, 0.15) is 11.1 Å². The van der Waals surface area contributed by atoms with E-state index in [9.17, 15) is 51.9 Å². The van der Waals surface area contributed by atoms with Crippen LogP contribution < -0.4 is 139 Å². The van der Waals surface area contributed by atoms with Crippen LogP contribution in [0.15, 0.2) is 165 Å². The molecule has 0 spiro atoms. The number of hydrogen-bond donors (Lipinski definition) is 0. The van der Waals surface area contributed by atoms with Crippen LogP contribution in [-0.2, 0) is 52.8 Å². The largest absolute Gasteiger partial charge is 1.00 e. The van der Waals surface area contributed by atoms with E-state index in [0.717, 1.165) is 35.4 Å². The molecule has 0 saturated heterocycles. The first kappa shape index (κ1) is 56.0. The van der Waals surface area contributed by atoms with Gasteiger partial charge in [0.25, 0.3) is 0 Å². The number of benzene rings is 6. The molecular weight excluding hydrogens is 931 g/mol. The van der Waals surface area contributed by atoms with E-state index in [-0.39, 0.29) is 131 Å². The van der Waals surface area contributed by atoms with Crippen LogP contribution in [0.25, 0.3) is 11.1 Å². The van der Waals surface area contributed by atoms with Crippen LogP contribution >= 0.6 is 15.8 Å². The van der Waals surface area contributed by atoms with Gasteiger partial charge in [-0.05, 0) is 108 Å². The third-order valence-electron chi connectivity index (χ3n) is 8.65. The third-order valence-corrected chi connectivity index (χ3v) is 16.9. The van der Waals surface area contributed by atoms with Gasteiger partial charge in [-0.3, -0.25) is 0 Å². The van der Waals surface area contributed by atoms with Crippen LogP contribution in [0.2, 0.25) is 0 Å². The van der Waals surface area contributed by atoms with Gasteiger partial charge in [-0.25, -0.2) is 33.7 Å². The first-order valence-electron chi connectivity index (χ1n) is 16.2. The quantitative estimate of drug-likeness (QED) is 0.0598. The Hall–Kier alpha value is -0.180. The molecule has 0 aliphatic rings. The van der Waals surface area contributed by atoms with Crippen molar-refractivity contribution in [3.05, 3.63) is 157 Å². The van der Waals surface area contributed by atoms with Crippen molar-refractivity contribution in [2.75, 3.05) is 0 Å². The third kappa shape index (κ3) is 14.4. The van der Waals surface area contributed by atoms with Crippen LogP contribution in [0, 0.1) is 0 Å². The maximum absolute atomic E-state index is 12.0. The van der Waals surface area contributed by atoms with Gasteiger partial charge >= 0.3 is 118 Å². The summed E-state index contributed by atoms with van der Waals surface area (Å²) in [6.45, 7) is 0. The summed E-state index contributed by atoms with van der Waals surface area (Å²) in [7, 11) is -22.8. The van der Waals surface area contributed by atoms with Crippen molar-refractivity contribution >= 4 is 77.5 Å². The molecule has 0 bridgehead atoms. The number of hydrogen-bond acceptors (Lipinski definition) is 12. The predicted molar refractivity (Wildman–Crippen MR) is 209 cm³/mol. The van der Waals surface area contributed by atoms with Gasteiger partial charge in [-0.15, -0.1) is 0 Å². The van der Waals surface area contributed by atoms with Gasteiger partial charge in [-0.1, -0.05) is 97.1 Å². The molecule has 0 fully saturated rings. The average molecular weight is 959 g/mol. The molecule has 0 aliphatic heterocycles. The minimum atomic E-state index is -4.87. The van der Waals surface area contributed by atoms with Crippen LogP contribution in [0.4, 0.5) is 0 Å². The summed E-state index contributed by atoms with van der Waals surface area (Å²) in [5, 5.41) is 1.69. The van der Waals surface area contributed by atoms with Gasteiger partial charge in [0.2, 0.25) is 0 Å². The summed E-state index contributed by atoms with van der Waals surface area (Å²) in [5.41, 5.74) is 2.86. The van der Waals surface area contributed by atoms with E-state index in [0.29, 0.717) is 32.3 Å². The molecule has 0 radical (unpaired) electrons. The summed E-state index contributed by atoms with van der Waals surface area (Å²) in [4.78, 5) is -1.93. The van der Waals surface area contributed by atoms with Crippen LogP contribution in [0.3, 0.4) is 0 Å². The molecule has 60 heavy (non-hydrogen) atoms. The Labute approximate surface area is 441 Å². The molecule has 0 unspecified atom stereocenters. The average Bonchev–Trinajstić information content (AvgIpc) is 3.15. The Morgan fingerprint density at radius 3 is 0.800 bits per heavy atom. The molecule has 22 heteroatoms. The maximum Gasteiger partial charge on any atom is 1.00 e. The summed E-state index contributed by atoms with van der Waals surface area (Å²) in [5.74, 6) is 0. The van der Waals surface area contributed by atoms with Gasteiger partial charge in [0.05, 0.1) is 19.6 Å². The molecule has 0 amide bonds. The molecule has 0 saturated carbocycles. The molecule has 290 valence electrons. The second-order valence-corrected chi connectivity index (χ2v) is 22.2. The topological polar surface area (TPSA) is 229 Å². The van der Waals surface area contributed by atoms with E-state index in [1.54, 1.807) is 48.5 Å². The molecule has 6 aromatic carbocycles. The van der Waals surface area contributed by atoms with Crippen LogP contribution in [-0.4, -0.2) is 51.9 Å². The van der Waals surface area contributed by atoms with E-state index < -0.39 is 75.9 Å². The zero-order valence-corrected chi connectivity index (χ0v) is 45.8. The summed E-state index contributed by atoms with van der Waals surface area (Å²) >= 11 is 0. The van der Waals surface area contributed by atoms with Crippen molar-refractivity contribution in [3.8, 4) is 11.1 Å². The van der Waals surface area contributed by atoms with Gasteiger partial charge < -0.3 is 18.2 Å². The smallest absolute Gasteiger partial charge is 0.744 e. The minimum absolute atomic E-state index is 0. The standard InChI is InChI=1S/C38H32O12P2S4.4Na/c39-53(40,41)33-15-5-11-29(21-33)51(30-12-6-16-34(22-30)54(42,43)44)25-27-9-1-3-19-37(27)38-20-4-2-10-28(38)26-52(31-13-7-17-35(23-31)55(45,46)47)32-14-8-18-36(24-32)56(48,49)50;;;;/h1-24H,25-26H2,(H,39,40,41)(H,42,43,44)(H,45,46,47)(H,48,49,50);;;;/q;4*+1/p-4. The summed E-state index contributed by atoms with van der Waals surface area (Å²) in [6, 6.07) is 36.2. The molecule has 0 aliphatic carbocycles. The van der Waals surface area contributed by atoms with Crippen molar-refractivity contribution in [2.45, 2.75) is 31.9 Å². The SMILES string of the molecule is O=S(=O)([O-])c1cccc(P(Cc2ccccc2-c2ccccc2CP(c2cccc(S(=O)(=O)[O-])c2)c2cccc(S(=O)(=O)[O-])c2)c2cccc(S(=O)(=O)[O-])c2)c1.[Na+].[Na+].[Na+].[Na+]. The minimum Gasteiger partial charge on any atom is -0.744 e. The summed E-state index contributed by atoms with van der Waals surface area (Å²) < 4.78 is 144. The molecule has 0 N–H and O–H groups in total. The molecule has 6 aromatic rings. The van der Waals surface area contributed by atoms with Gasteiger partial charge in [0.15, 0.2) is 0 Å². The van der Waals surface area contributed by atoms with Crippen molar-refractivity contribution in [1.82, 2.24) is 0 Å². The van der Waals surface area contributed by atoms with Crippen molar-refractivity contribution in [3.63, 3.8) is 0 Å². The first-order chi connectivity index (χ1) is 26.3. The van der Waals surface area contributed by atoms with E-state index >= 15 is 0 Å². The monoisotopic (exact) mass is 958 g/mol. The fourth-order valence-corrected chi connectivity index (χ4v) is 13.3. The second kappa shape index (κ2) is 23.3. The van der Waals surface area contributed by atoms with Crippen molar-refractivity contribution < 1.29 is 170 Å². The van der Waals surface area contributed by atoms with Crippen molar-refractivity contribution in [1.29, 1.82) is 0 Å². The van der Waals surface area contributed by atoms with E-state index in [1.165, 1.54) is 48.5 Å². The fourth-order valence-electron chi connectivity index (χ4n) is 6.07. The predicted octanol–water partition coefficient (Wildman–Crippen LogP) is -7.75. The van der Waals surface area contributed by atoms with Gasteiger partial charge in [0, 0.05) is 12.3 Å². The summed E-state index contributed by atoms with van der Waals surface area (Å²) in [6.07, 6.45) is 0.373. The molecule has 0 heterocycles. The number of rotatable bonds is 13. The van der Waals surface area contributed by atoms with Crippen molar-refractivity contribution in [2.24, 2.45) is 0 Å². The maximum atomic E-state index is 12.0. The van der Waals surface area contributed by atoms with E-state index in [4.69, 9.17) is 0 Å². The first-order valence-corrected chi connectivity index (χ1v) is 24.9. The zero-order chi connectivity index (χ0) is 40.5. The Bertz CT molecular complexity index is 2570. The zero-order valence-electron chi connectivity index (χ0n) is 32.7. The molecule has 0 aromatic heterocycles. The molecule has 12 nitrogen and oxygen atoms in total. The van der Waals surface area contributed by atoms with E-state index in [1.807, 2.05) is 24.3 Å². The molecular formula is C38H28Na4O12P2S4. The Morgan fingerprint density at radius 2 is 0.567 bits per heavy atom. The Balaban J connectivity index is 0.00000310. The normalized spacial score (nSPS) is 11.8. The fraction of sp³-hybridized carbons (Fsp3) is 0.0526. The molecule has 0 atom stereocenters.